The van der Waals surface area contributed by atoms with Crippen LogP contribution in [-0.2, 0) is 0 Å². The van der Waals surface area contributed by atoms with Gasteiger partial charge in [0.15, 0.2) is 0 Å². The Bertz CT molecular complexity index is 581. The van der Waals surface area contributed by atoms with Gasteiger partial charge < -0.3 is 10.3 Å². The molecule has 2 N–H and O–H groups in total. The molecule has 2 aromatic heterocycles. The van der Waals surface area contributed by atoms with E-state index >= 15 is 0 Å². The quantitative estimate of drug-likeness (QED) is 0.940. The third kappa shape index (κ3) is 2.42. The summed E-state index contributed by atoms with van der Waals surface area (Å²) in [5, 5.41) is 0.662. The zero-order valence-corrected chi connectivity index (χ0v) is 12.5. The van der Waals surface area contributed by atoms with E-state index in [2.05, 4.69) is 20.8 Å². The summed E-state index contributed by atoms with van der Waals surface area (Å²) in [7, 11) is 0. The van der Waals surface area contributed by atoms with Gasteiger partial charge in [-0.15, -0.1) is 0 Å². The van der Waals surface area contributed by atoms with E-state index in [-0.39, 0.29) is 0 Å². The summed E-state index contributed by atoms with van der Waals surface area (Å²) in [6.45, 7) is 0. The number of pyridine rings is 1. The molecule has 0 aliphatic heterocycles. The van der Waals surface area contributed by atoms with Crippen LogP contribution >= 0.6 is 11.8 Å². The maximum absolute atomic E-state index is 6.02. The third-order valence-corrected chi connectivity index (χ3v) is 5.26. The average Bonchev–Trinajstić information content (AvgIpc) is 2.96. The zero-order chi connectivity index (χ0) is 13.9. The number of imidazole rings is 1. The van der Waals surface area contributed by atoms with E-state index < -0.39 is 0 Å². The van der Waals surface area contributed by atoms with Crippen LogP contribution < -0.4 is 5.73 Å². The maximum Gasteiger partial charge on any atom is 0.132 e. The topological polar surface area (TPSA) is 56.7 Å². The molecule has 0 amide bonds. The molecule has 0 spiro atoms. The molecule has 4 nitrogen and oxygen atoms in total. The number of nitrogens with two attached hydrogens (primary N) is 1. The van der Waals surface area contributed by atoms with Crippen LogP contribution in [0.2, 0.25) is 0 Å². The largest absolute Gasteiger partial charge is 0.383 e. The van der Waals surface area contributed by atoms with Crippen molar-refractivity contribution in [1.29, 1.82) is 0 Å². The van der Waals surface area contributed by atoms with Crippen LogP contribution in [-0.4, -0.2) is 26.0 Å². The van der Waals surface area contributed by atoms with Gasteiger partial charge in [0.25, 0.3) is 0 Å². The average molecular weight is 288 g/mol. The summed E-state index contributed by atoms with van der Waals surface area (Å²) >= 11 is 1.96. The summed E-state index contributed by atoms with van der Waals surface area (Å²) in [5.74, 6) is 0.575. The fourth-order valence-electron chi connectivity index (χ4n) is 3.08. The van der Waals surface area contributed by atoms with Crippen molar-refractivity contribution < 1.29 is 0 Å². The van der Waals surface area contributed by atoms with Gasteiger partial charge in [-0.25, -0.2) is 9.97 Å². The van der Waals surface area contributed by atoms with Crippen molar-refractivity contribution in [3.63, 3.8) is 0 Å². The minimum absolute atomic E-state index is 0.510. The minimum Gasteiger partial charge on any atom is -0.383 e. The Morgan fingerprint density at radius 2 is 2.20 bits per heavy atom. The molecule has 2 aromatic rings. The third-order valence-electron chi connectivity index (χ3n) is 4.11. The summed E-state index contributed by atoms with van der Waals surface area (Å²) in [4.78, 5) is 8.55. The fraction of sp³-hybridized carbons (Fsp3) is 0.467. The molecule has 1 aliphatic carbocycles. The lowest BCUT2D eigenvalue weighted by Crippen LogP contribution is -2.25. The normalized spacial score (nSPS) is 22.9. The first-order chi connectivity index (χ1) is 9.81. The molecule has 0 radical (unpaired) electrons. The molecular weight excluding hydrogens is 268 g/mol. The van der Waals surface area contributed by atoms with Gasteiger partial charge in [0.2, 0.25) is 0 Å². The van der Waals surface area contributed by atoms with Gasteiger partial charge in [0.05, 0.1) is 18.2 Å². The molecule has 2 unspecified atom stereocenters. The van der Waals surface area contributed by atoms with Crippen LogP contribution in [0, 0.1) is 0 Å². The van der Waals surface area contributed by atoms with Gasteiger partial charge >= 0.3 is 0 Å². The van der Waals surface area contributed by atoms with Crippen molar-refractivity contribution in [2.45, 2.75) is 37.0 Å². The van der Waals surface area contributed by atoms with Crippen LogP contribution in [0.25, 0.3) is 11.3 Å². The fourth-order valence-corrected chi connectivity index (χ4v) is 4.07. The highest BCUT2D eigenvalue weighted by Crippen LogP contribution is 2.38. The molecule has 0 aromatic carbocycles. The molecule has 0 saturated heterocycles. The van der Waals surface area contributed by atoms with Crippen LogP contribution in [0.15, 0.2) is 30.9 Å². The van der Waals surface area contributed by atoms with Gasteiger partial charge in [-0.2, -0.15) is 11.8 Å². The second-order valence-corrected chi connectivity index (χ2v) is 6.33. The minimum atomic E-state index is 0.510. The Morgan fingerprint density at radius 3 is 3.00 bits per heavy atom. The van der Waals surface area contributed by atoms with Crippen molar-refractivity contribution in [3.05, 3.63) is 30.9 Å². The highest BCUT2D eigenvalue weighted by Gasteiger charge is 2.27. The van der Waals surface area contributed by atoms with E-state index in [1.54, 1.807) is 6.20 Å². The molecule has 1 saturated carbocycles. The Labute approximate surface area is 123 Å². The van der Waals surface area contributed by atoms with Crippen LogP contribution in [0.4, 0.5) is 5.82 Å². The second-order valence-electron chi connectivity index (χ2n) is 5.25. The van der Waals surface area contributed by atoms with Gasteiger partial charge in [-0.1, -0.05) is 12.8 Å². The maximum atomic E-state index is 6.02. The van der Waals surface area contributed by atoms with E-state index in [4.69, 9.17) is 5.73 Å². The second kappa shape index (κ2) is 5.87. The summed E-state index contributed by atoms with van der Waals surface area (Å²) in [6.07, 6.45) is 12.9. The first-order valence-electron chi connectivity index (χ1n) is 7.06. The summed E-state index contributed by atoms with van der Waals surface area (Å²) < 4.78 is 2.30. The molecule has 2 atom stereocenters. The molecule has 0 bridgehead atoms. The highest BCUT2D eigenvalue weighted by molar-refractivity contribution is 7.99. The number of hydrogen-bond donors (Lipinski definition) is 1. The smallest absolute Gasteiger partial charge is 0.132 e. The van der Waals surface area contributed by atoms with Crippen molar-refractivity contribution in [2.75, 3.05) is 12.0 Å². The molecular formula is C15H20N4S. The van der Waals surface area contributed by atoms with Gasteiger partial charge in [-0.05, 0) is 31.2 Å². The molecule has 1 fully saturated rings. The SMILES string of the molecule is CSC1CCCCC1n1cncc1-c1cccnc1N. The van der Waals surface area contributed by atoms with E-state index in [0.717, 1.165) is 11.3 Å². The van der Waals surface area contributed by atoms with E-state index in [1.807, 2.05) is 36.4 Å². The van der Waals surface area contributed by atoms with Crippen molar-refractivity contribution in [2.24, 2.45) is 0 Å². The molecule has 106 valence electrons. The number of anilines is 1. The van der Waals surface area contributed by atoms with Gasteiger partial charge in [-0.3, -0.25) is 0 Å². The molecule has 3 rings (SSSR count). The lowest BCUT2D eigenvalue weighted by atomic mass is 9.94. The van der Waals surface area contributed by atoms with E-state index in [1.165, 1.54) is 25.7 Å². The molecule has 5 heteroatoms. The predicted molar refractivity (Wildman–Crippen MR) is 84.7 cm³/mol. The number of rotatable bonds is 3. The van der Waals surface area contributed by atoms with E-state index in [9.17, 15) is 0 Å². The van der Waals surface area contributed by atoms with Crippen LogP contribution in [0.5, 0.6) is 0 Å². The van der Waals surface area contributed by atoms with Crippen molar-refractivity contribution >= 4 is 17.6 Å². The van der Waals surface area contributed by atoms with Gasteiger partial charge in [0, 0.05) is 23.1 Å². The Kier molecular flexibility index (Phi) is 3.96. The number of nitrogen functional groups attached to an aromatic ring is 1. The summed E-state index contributed by atoms with van der Waals surface area (Å²) in [6, 6.07) is 4.46. The number of hydrogen-bond acceptors (Lipinski definition) is 4. The lowest BCUT2D eigenvalue weighted by molar-refractivity contribution is 0.367. The first-order valence-corrected chi connectivity index (χ1v) is 8.35. The van der Waals surface area contributed by atoms with Crippen molar-refractivity contribution in [3.8, 4) is 11.3 Å². The molecule has 1 aliphatic rings. The predicted octanol–water partition coefficient (Wildman–Crippen LogP) is 3.37. The zero-order valence-electron chi connectivity index (χ0n) is 11.7. The van der Waals surface area contributed by atoms with Gasteiger partial charge in [0.1, 0.15) is 5.82 Å². The molecule has 2 heterocycles. The number of thioether (sulfide) groups is 1. The van der Waals surface area contributed by atoms with Crippen LogP contribution in [0.3, 0.4) is 0 Å². The van der Waals surface area contributed by atoms with Crippen molar-refractivity contribution in [1.82, 2.24) is 14.5 Å². The van der Waals surface area contributed by atoms with E-state index in [0.29, 0.717) is 17.1 Å². The monoisotopic (exact) mass is 288 g/mol. The number of nitrogens with zero attached hydrogens (tertiary/aromatic N) is 3. The Balaban J connectivity index is 2.00. The standard InChI is InChI=1S/C15H20N4S/c1-20-14-7-3-2-6-12(14)19-10-17-9-13(19)11-5-4-8-18-15(11)16/h4-5,8-10,12,14H,2-3,6-7H2,1H3,(H2,16,18). The highest BCUT2D eigenvalue weighted by atomic mass is 32.2. The van der Waals surface area contributed by atoms with Crippen LogP contribution in [0.1, 0.15) is 31.7 Å². The summed E-state index contributed by atoms with van der Waals surface area (Å²) in [5.41, 5.74) is 8.09. The Hall–Kier alpha value is -1.49. The first kappa shape index (κ1) is 13.5. The Morgan fingerprint density at radius 1 is 1.35 bits per heavy atom. The number of aromatic nitrogens is 3. The lowest BCUT2D eigenvalue weighted by Gasteiger charge is -2.32. The molecule has 20 heavy (non-hydrogen) atoms.